The number of nitrogens with zero attached hydrogens (tertiary/aromatic N) is 3. The number of methoxy groups -OCH3 is 2. The molecule has 0 atom stereocenters. The van der Waals surface area contributed by atoms with Crippen molar-refractivity contribution in [2.24, 2.45) is 0 Å². The minimum Gasteiger partial charge on any atom is -0.493 e. The number of amides is 2. The van der Waals surface area contributed by atoms with Crippen LogP contribution in [0.3, 0.4) is 0 Å². The first-order valence-corrected chi connectivity index (χ1v) is 11.5. The van der Waals surface area contributed by atoms with Gasteiger partial charge >= 0.3 is 0 Å². The molecule has 2 heterocycles. The maximum Gasteiger partial charge on any atom is 0.238 e. The Morgan fingerprint density at radius 1 is 0.882 bits per heavy atom. The highest BCUT2D eigenvalue weighted by atomic mass is 19.1. The molecule has 2 aliphatic rings. The Labute approximate surface area is 199 Å². The number of hydrogen-bond donors (Lipinski definition) is 1. The summed E-state index contributed by atoms with van der Waals surface area (Å²) in [5.41, 5.74) is 2.86. The SMILES string of the molecule is COc1cc2c(cc1OC)CN(C(=O)CN1CCN(CC(=O)Nc3ccc(F)cc3)CC1)CC2. The average Bonchev–Trinajstić information content (AvgIpc) is 2.85. The first-order valence-electron chi connectivity index (χ1n) is 11.5. The molecular formula is C25H31FN4O4. The number of anilines is 1. The fourth-order valence-corrected chi connectivity index (χ4v) is 4.43. The van der Waals surface area contributed by atoms with Gasteiger partial charge in [0.2, 0.25) is 11.8 Å². The van der Waals surface area contributed by atoms with Crippen molar-refractivity contribution in [1.29, 1.82) is 0 Å². The number of hydrogen-bond acceptors (Lipinski definition) is 6. The van der Waals surface area contributed by atoms with Crippen LogP contribution in [0.25, 0.3) is 0 Å². The maximum atomic E-state index is 13.0. The van der Waals surface area contributed by atoms with Crippen LogP contribution < -0.4 is 14.8 Å². The summed E-state index contributed by atoms with van der Waals surface area (Å²) in [6.45, 7) is 4.78. The summed E-state index contributed by atoms with van der Waals surface area (Å²) >= 11 is 0. The van der Waals surface area contributed by atoms with Gasteiger partial charge in [0.15, 0.2) is 11.5 Å². The molecule has 34 heavy (non-hydrogen) atoms. The zero-order valence-corrected chi connectivity index (χ0v) is 19.7. The molecule has 0 aromatic heterocycles. The van der Waals surface area contributed by atoms with E-state index in [9.17, 15) is 14.0 Å². The Bertz CT molecular complexity index is 1020. The number of fused-ring (bicyclic) bond motifs is 1. The molecule has 4 rings (SSSR count). The van der Waals surface area contributed by atoms with Crippen LogP contribution in [0, 0.1) is 5.82 Å². The van der Waals surface area contributed by atoms with Gasteiger partial charge in [0, 0.05) is 45.0 Å². The van der Waals surface area contributed by atoms with E-state index in [1.165, 1.54) is 17.7 Å². The predicted molar refractivity (Wildman–Crippen MR) is 127 cm³/mol. The highest BCUT2D eigenvalue weighted by Gasteiger charge is 2.26. The van der Waals surface area contributed by atoms with E-state index in [1.807, 2.05) is 17.0 Å². The van der Waals surface area contributed by atoms with Crippen LogP contribution in [-0.4, -0.2) is 86.5 Å². The third kappa shape index (κ3) is 5.84. The van der Waals surface area contributed by atoms with Crippen molar-refractivity contribution >= 4 is 17.5 Å². The number of carbonyl (C=O) groups is 2. The van der Waals surface area contributed by atoms with E-state index in [0.29, 0.717) is 49.9 Å². The summed E-state index contributed by atoms with van der Waals surface area (Å²) < 4.78 is 23.8. The summed E-state index contributed by atoms with van der Waals surface area (Å²) in [5.74, 6) is 1.04. The molecule has 0 spiro atoms. The lowest BCUT2D eigenvalue weighted by Crippen LogP contribution is -2.51. The van der Waals surface area contributed by atoms with Crippen molar-refractivity contribution in [2.45, 2.75) is 13.0 Å². The molecule has 1 fully saturated rings. The predicted octanol–water partition coefficient (Wildman–Crippen LogP) is 1.98. The number of halogens is 1. The van der Waals surface area contributed by atoms with E-state index in [-0.39, 0.29) is 24.2 Å². The van der Waals surface area contributed by atoms with Gasteiger partial charge < -0.3 is 19.7 Å². The van der Waals surface area contributed by atoms with Crippen LogP contribution in [0.5, 0.6) is 11.5 Å². The van der Waals surface area contributed by atoms with E-state index in [1.54, 1.807) is 26.4 Å². The van der Waals surface area contributed by atoms with Crippen molar-refractivity contribution in [3.8, 4) is 11.5 Å². The third-order valence-electron chi connectivity index (χ3n) is 6.39. The molecule has 9 heteroatoms. The molecule has 0 saturated carbocycles. The quantitative estimate of drug-likeness (QED) is 0.667. The minimum absolute atomic E-state index is 0.114. The van der Waals surface area contributed by atoms with Gasteiger partial charge in [-0.15, -0.1) is 0 Å². The van der Waals surface area contributed by atoms with Crippen LogP contribution in [0.4, 0.5) is 10.1 Å². The lowest BCUT2D eigenvalue weighted by atomic mass is 9.98. The number of ether oxygens (including phenoxy) is 2. The largest absolute Gasteiger partial charge is 0.493 e. The average molecular weight is 471 g/mol. The first kappa shape index (κ1) is 24.0. The second kappa shape index (κ2) is 10.8. The van der Waals surface area contributed by atoms with Crippen LogP contribution >= 0.6 is 0 Å². The summed E-state index contributed by atoms with van der Waals surface area (Å²) in [5, 5.41) is 2.79. The second-order valence-electron chi connectivity index (χ2n) is 8.65. The van der Waals surface area contributed by atoms with Gasteiger partial charge in [0.25, 0.3) is 0 Å². The molecule has 2 amide bonds. The van der Waals surface area contributed by atoms with Crippen molar-refractivity contribution < 1.29 is 23.5 Å². The van der Waals surface area contributed by atoms with Gasteiger partial charge in [0.1, 0.15) is 5.82 Å². The Morgan fingerprint density at radius 3 is 2.09 bits per heavy atom. The third-order valence-corrected chi connectivity index (χ3v) is 6.39. The summed E-state index contributed by atoms with van der Waals surface area (Å²) in [6.07, 6.45) is 0.790. The zero-order valence-electron chi connectivity index (χ0n) is 19.7. The Kier molecular flexibility index (Phi) is 7.64. The Balaban J connectivity index is 1.23. The highest BCUT2D eigenvalue weighted by Crippen LogP contribution is 2.33. The maximum absolute atomic E-state index is 13.0. The number of piperazine rings is 1. The van der Waals surface area contributed by atoms with Gasteiger partial charge in [-0.2, -0.15) is 0 Å². The van der Waals surface area contributed by atoms with Crippen LogP contribution in [-0.2, 0) is 22.6 Å². The molecule has 0 unspecified atom stereocenters. The lowest BCUT2D eigenvalue weighted by molar-refractivity contribution is -0.134. The molecule has 0 bridgehead atoms. The van der Waals surface area contributed by atoms with E-state index in [0.717, 1.165) is 25.1 Å². The molecule has 2 aromatic rings. The summed E-state index contributed by atoms with van der Waals surface area (Å²) in [4.78, 5) is 31.3. The second-order valence-corrected chi connectivity index (χ2v) is 8.65. The van der Waals surface area contributed by atoms with E-state index in [4.69, 9.17) is 9.47 Å². The molecule has 1 N–H and O–H groups in total. The fraction of sp³-hybridized carbons (Fsp3) is 0.440. The molecule has 0 radical (unpaired) electrons. The molecule has 0 aliphatic carbocycles. The van der Waals surface area contributed by atoms with E-state index in [2.05, 4.69) is 15.1 Å². The standard InChI is InChI=1S/C25H31FN4O4/c1-33-22-13-18-7-8-30(15-19(18)14-23(22)34-2)25(32)17-29-11-9-28(10-12-29)16-24(31)27-21-5-3-20(26)4-6-21/h3-6,13-14H,7-12,15-17H2,1-2H3,(H,27,31). The number of carbonyl (C=O) groups excluding carboxylic acids is 2. The lowest BCUT2D eigenvalue weighted by Gasteiger charge is -2.36. The van der Waals surface area contributed by atoms with Crippen LogP contribution in [0.2, 0.25) is 0 Å². The van der Waals surface area contributed by atoms with Gasteiger partial charge in [-0.3, -0.25) is 19.4 Å². The van der Waals surface area contributed by atoms with Crippen molar-refractivity contribution in [3.05, 3.63) is 53.3 Å². The van der Waals surface area contributed by atoms with Gasteiger partial charge in [-0.05, 0) is 53.9 Å². The Hall–Kier alpha value is -3.17. The zero-order chi connectivity index (χ0) is 24.1. The Morgan fingerprint density at radius 2 is 1.47 bits per heavy atom. The number of benzene rings is 2. The van der Waals surface area contributed by atoms with Crippen molar-refractivity contribution in [1.82, 2.24) is 14.7 Å². The number of nitrogens with one attached hydrogen (secondary N) is 1. The fourth-order valence-electron chi connectivity index (χ4n) is 4.43. The molecular weight excluding hydrogens is 439 g/mol. The van der Waals surface area contributed by atoms with Crippen LogP contribution in [0.15, 0.2) is 36.4 Å². The molecule has 182 valence electrons. The normalized spacial score (nSPS) is 16.6. The van der Waals surface area contributed by atoms with E-state index >= 15 is 0 Å². The van der Waals surface area contributed by atoms with Gasteiger partial charge in [-0.25, -0.2) is 4.39 Å². The smallest absolute Gasteiger partial charge is 0.238 e. The molecule has 2 aromatic carbocycles. The summed E-state index contributed by atoms with van der Waals surface area (Å²) in [6, 6.07) is 9.69. The first-order chi connectivity index (χ1) is 16.4. The minimum atomic E-state index is -0.336. The molecule has 2 aliphatic heterocycles. The van der Waals surface area contributed by atoms with Gasteiger partial charge in [-0.1, -0.05) is 0 Å². The van der Waals surface area contributed by atoms with Gasteiger partial charge in [0.05, 0.1) is 27.3 Å². The monoisotopic (exact) mass is 470 g/mol. The van der Waals surface area contributed by atoms with E-state index < -0.39 is 0 Å². The summed E-state index contributed by atoms with van der Waals surface area (Å²) in [7, 11) is 3.24. The topological polar surface area (TPSA) is 74.4 Å². The van der Waals surface area contributed by atoms with Crippen molar-refractivity contribution in [3.63, 3.8) is 0 Å². The number of rotatable bonds is 7. The molecule has 8 nitrogen and oxygen atoms in total. The van der Waals surface area contributed by atoms with Crippen LogP contribution in [0.1, 0.15) is 11.1 Å². The van der Waals surface area contributed by atoms with Crippen molar-refractivity contribution in [2.75, 3.05) is 65.3 Å². The highest BCUT2D eigenvalue weighted by molar-refractivity contribution is 5.92. The molecule has 1 saturated heterocycles.